The molecule has 2 unspecified atom stereocenters. The lowest BCUT2D eigenvalue weighted by Crippen LogP contribution is -2.56. The lowest BCUT2D eigenvalue weighted by atomic mass is 10.1. The minimum absolute atomic E-state index is 0.0675. The van der Waals surface area contributed by atoms with Crippen molar-refractivity contribution in [3.63, 3.8) is 0 Å². The van der Waals surface area contributed by atoms with E-state index in [-0.39, 0.29) is 12.0 Å². The molecule has 0 bridgehead atoms. The Morgan fingerprint density at radius 2 is 2.33 bits per heavy atom. The molecule has 88 valence electrons. The van der Waals surface area contributed by atoms with Crippen LogP contribution in [0.5, 0.6) is 0 Å². The van der Waals surface area contributed by atoms with Gasteiger partial charge in [-0.25, -0.2) is 0 Å². The fourth-order valence-corrected chi connectivity index (χ4v) is 2.09. The van der Waals surface area contributed by atoms with Gasteiger partial charge in [-0.1, -0.05) is 6.92 Å². The summed E-state index contributed by atoms with van der Waals surface area (Å²) in [7, 11) is 0. The van der Waals surface area contributed by atoms with Gasteiger partial charge in [-0.3, -0.25) is 9.69 Å². The van der Waals surface area contributed by atoms with Gasteiger partial charge in [0.1, 0.15) is 6.04 Å². The maximum absolute atomic E-state index is 11.7. The van der Waals surface area contributed by atoms with Gasteiger partial charge in [-0.15, -0.1) is 0 Å². The molecule has 0 amide bonds. The molecule has 0 aliphatic carbocycles. The van der Waals surface area contributed by atoms with Gasteiger partial charge in [0.05, 0.1) is 6.61 Å². The molecule has 2 atom stereocenters. The molecule has 0 aromatic rings. The van der Waals surface area contributed by atoms with Crippen molar-refractivity contribution in [1.29, 1.82) is 0 Å². The first-order chi connectivity index (χ1) is 7.20. The van der Waals surface area contributed by atoms with E-state index in [9.17, 15) is 4.79 Å². The van der Waals surface area contributed by atoms with Gasteiger partial charge < -0.3 is 10.1 Å². The Morgan fingerprint density at radius 1 is 1.60 bits per heavy atom. The summed E-state index contributed by atoms with van der Waals surface area (Å²) < 4.78 is 5.10. The van der Waals surface area contributed by atoms with E-state index in [1.165, 1.54) is 0 Å². The number of nitrogens with one attached hydrogen (secondary N) is 1. The molecule has 1 fully saturated rings. The van der Waals surface area contributed by atoms with E-state index < -0.39 is 0 Å². The summed E-state index contributed by atoms with van der Waals surface area (Å²) in [6.07, 6.45) is 0.823. The van der Waals surface area contributed by atoms with Crippen LogP contribution in [0.1, 0.15) is 27.2 Å². The minimum Gasteiger partial charge on any atom is -0.465 e. The smallest absolute Gasteiger partial charge is 0.323 e. The van der Waals surface area contributed by atoms with E-state index in [4.69, 9.17) is 4.74 Å². The molecule has 0 aromatic heterocycles. The number of nitrogens with zero attached hydrogens (tertiary/aromatic N) is 1. The Balaban J connectivity index is 2.59. The third-order valence-electron chi connectivity index (χ3n) is 2.90. The summed E-state index contributed by atoms with van der Waals surface area (Å²) in [5, 5.41) is 3.32. The van der Waals surface area contributed by atoms with Crippen LogP contribution in [0.2, 0.25) is 0 Å². The molecule has 1 aliphatic heterocycles. The summed E-state index contributed by atoms with van der Waals surface area (Å²) >= 11 is 0. The van der Waals surface area contributed by atoms with Crippen LogP contribution in [0.4, 0.5) is 0 Å². The first kappa shape index (κ1) is 12.5. The Labute approximate surface area is 92.0 Å². The molecular weight excluding hydrogens is 192 g/mol. The summed E-state index contributed by atoms with van der Waals surface area (Å²) in [5.41, 5.74) is 0. The number of hydrogen-bond acceptors (Lipinski definition) is 4. The number of piperazine rings is 1. The molecule has 1 aliphatic rings. The number of hydrogen-bond donors (Lipinski definition) is 1. The monoisotopic (exact) mass is 214 g/mol. The van der Waals surface area contributed by atoms with Gasteiger partial charge in [0, 0.05) is 25.7 Å². The molecule has 0 spiro atoms. The molecule has 1 N–H and O–H groups in total. The maximum atomic E-state index is 11.7. The summed E-state index contributed by atoms with van der Waals surface area (Å²) in [6, 6.07) is 0.343. The highest BCUT2D eigenvalue weighted by Gasteiger charge is 2.30. The number of rotatable bonds is 4. The van der Waals surface area contributed by atoms with E-state index in [0.717, 1.165) is 26.1 Å². The predicted octanol–water partition coefficient (Wildman–Crippen LogP) is 0.622. The van der Waals surface area contributed by atoms with E-state index >= 15 is 0 Å². The highest BCUT2D eigenvalue weighted by molar-refractivity contribution is 5.75. The average molecular weight is 214 g/mol. The van der Waals surface area contributed by atoms with E-state index in [1.54, 1.807) is 0 Å². The van der Waals surface area contributed by atoms with Crippen LogP contribution in [-0.2, 0) is 9.53 Å². The van der Waals surface area contributed by atoms with Crippen molar-refractivity contribution in [3.05, 3.63) is 0 Å². The zero-order valence-electron chi connectivity index (χ0n) is 9.95. The van der Waals surface area contributed by atoms with Crippen molar-refractivity contribution in [1.82, 2.24) is 10.2 Å². The van der Waals surface area contributed by atoms with Crippen LogP contribution < -0.4 is 5.32 Å². The van der Waals surface area contributed by atoms with E-state index in [0.29, 0.717) is 12.6 Å². The van der Waals surface area contributed by atoms with Crippen LogP contribution >= 0.6 is 0 Å². The second-order valence-corrected chi connectivity index (χ2v) is 3.97. The molecule has 0 saturated carbocycles. The number of carbonyl (C=O) groups excluding carboxylic acids is 1. The van der Waals surface area contributed by atoms with Crippen molar-refractivity contribution in [2.24, 2.45) is 0 Å². The standard InChI is InChI=1S/C11H22N2O2/c1-4-10(11(14)15-5-2)13-7-6-12-8-9(13)3/h9-10,12H,4-8H2,1-3H3. The normalized spacial score (nSPS) is 24.9. The molecule has 4 heteroatoms. The SMILES string of the molecule is CCOC(=O)C(CC)N1CCNCC1C. The zero-order valence-corrected chi connectivity index (χ0v) is 9.95. The summed E-state index contributed by atoms with van der Waals surface area (Å²) in [6.45, 7) is 9.35. The molecule has 4 nitrogen and oxygen atoms in total. The van der Waals surface area contributed by atoms with Gasteiger partial charge in [0.15, 0.2) is 0 Å². The minimum atomic E-state index is -0.0752. The van der Waals surface area contributed by atoms with Gasteiger partial charge in [-0.05, 0) is 20.3 Å². The van der Waals surface area contributed by atoms with Crippen molar-refractivity contribution >= 4 is 5.97 Å². The number of ether oxygens (including phenoxy) is 1. The summed E-state index contributed by atoms with van der Waals surface area (Å²) in [5.74, 6) is -0.0752. The predicted molar refractivity (Wildman–Crippen MR) is 59.7 cm³/mol. The van der Waals surface area contributed by atoms with Crippen LogP contribution in [-0.4, -0.2) is 49.2 Å². The number of carbonyl (C=O) groups is 1. The van der Waals surface area contributed by atoms with Crippen LogP contribution in [0.25, 0.3) is 0 Å². The van der Waals surface area contributed by atoms with Crippen molar-refractivity contribution < 1.29 is 9.53 Å². The molecule has 1 saturated heterocycles. The Hall–Kier alpha value is -0.610. The van der Waals surface area contributed by atoms with Crippen molar-refractivity contribution in [2.45, 2.75) is 39.3 Å². The van der Waals surface area contributed by atoms with Gasteiger partial charge in [-0.2, -0.15) is 0 Å². The topological polar surface area (TPSA) is 41.6 Å². The van der Waals surface area contributed by atoms with Gasteiger partial charge in [0.2, 0.25) is 0 Å². The fraction of sp³-hybridized carbons (Fsp3) is 0.909. The van der Waals surface area contributed by atoms with Crippen molar-refractivity contribution in [2.75, 3.05) is 26.2 Å². The molecule has 15 heavy (non-hydrogen) atoms. The highest BCUT2D eigenvalue weighted by Crippen LogP contribution is 2.12. The third kappa shape index (κ3) is 3.18. The second-order valence-electron chi connectivity index (χ2n) is 3.97. The molecule has 1 heterocycles. The van der Waals surface area contributed by atoms with Crippen LogP contribution in [0.3, 0.4) is 0 Å². The third-order valence-corrected chi connectivity index (χ3v) is 2.90. The van der Waals surface area contributed by atoms with Crippen molar-refractivity contribution in [3.8, 4) is 0 Å². The molecule has 0 aromatic carbocycles. The Morgan fingerprint density at radius 3 is 2.87 bits per heavy atom. The first-order valence-electron chi connectivity index (χ1n) is 5.83. The second kappa shape index (κ2) is 6.08. The van der Waals surface area contributed by atoms with Crippen LogP contribution in [0.15, 0.2) is 0 Å². The van der Waals surface area contributed by atoms with E-state index in [2.05, 4.69) is 17.1 Å². The highest BCUT2D eigenvalue weighted by atomic mass is 16.5. The lowest BCUT2D eigenvalue weighted by molar-refractivity contribution is -0.151. The average Bonchev–Trinajstić information content (AvgIpc) is 2.22. The zero-order chi connectivity index (χ0) is 11.3. The largest absolute Gasteiger partial charge is 0.465 e. The first-order valence-corrected chi connectivity index (χ1v) is 5.83. The lowest BCUT2D eigenvalue weighted by Gasteiger charge is -2.38. The molecule has 0 radical (unpaired) electrons. The Bertz CT molecular complexity index is 209. The number of esters is 1. The van der Waals surface area contributed by atoms with Crippen LogP contribution in [0, 0.1) is 0 Å². The molecule has 1 rings (SSSR count). The van der Waals surface area contributed by atoms with E-state index in [1.807, 2.05) is 13.8 Å². The fourth-order valence-electron chi connectivity index (χ4n) is 2.09. The Kier molecular flexibility index (Phi) is 5.05. The summed E-state index contributed by atoms with van der Waals surface area (Å²) in [4.78, 5) is 14.0. The van der Waals surface area contributed by atoms with Gasteiger partial charge in [0.25, 0.3) is 0 Å². The maximum Gasteiger partial charge on any atom is 0.323 e. The van der Waals surface area contributed by atoms with Gasteiger partial charge >= 0.3 is 5.97 Å². The molecular formula is C11H22N2O2. The quantitative estimate of drug-likeness (QED) is 0.697.